The topological polar surface area (TPSA) is 81.9 Å². The average Bonchev–Trinajstić information content (AvgIpc) is 3.14. The Labute approximate surface area is 186 Å². The summed E-state index contributed by atoms with van der Waals surface area (Å²) in [6.45, 7) is 2.12. The van der Waals surface area contributed by atoms with Crippen molar-refractivity contribution in [1.29, 1.82) is 0 Å². The van der Waals surface area contributed by atoms with Crippen LogP contribution in [0, 0.1) is 0 Å². The van der Waals surface area contributed by atoms with Crippen molar-refractivity contribution < 1.29 is 9.53 Å². The van der Waals surface area contributed by atoms with Crippen molar-refractivity contribution in [2.45, 2.75) is 19.8 Å². The monoisotopic (exact) mass is 427 g/mol. The summed E-state index contributed by atoms with van der Waals surface area (Å²) in [5.74, 6) is 0.886. The van der Waals surface area contributed by atoms with E-state index in [9.17, 15) is 4.79 Å². The average molecular weight is 428 g/mol. The maximum Gasteiger partial charge on any atom is 0.337 e. The van der Waals surface area contributed by atoms with E-state index in [2.05, 4.69) is 17.3 Å². The van der Waals surface area contributed by atoms with Crippen molar-refractivity contribution >= 4 is 40.7 Å². The number of aryl methyl sites for hydroxylation is 2. The molecule has 0 saturated carbocycles. The van der Waals surface area contributed by atoms with Gasteiger partial charge in [0.2, 0.25) is 0 Å². The first-order chi connectivity index (χ1) is 15.6. The molecule has 0 saturated heterocycles. The van der Waals surface area contributed by atoms with Gasteiger partial charge in [0, 0.05) is 12.7 Å². The number of carbonyl (C=O) groups excluding carboxylic acids is 1. The molecule has 162 valence electrons. The van der Waals surface area contributed by atoms with Gasteiger partial charge in [-0.3, -0.25) is 4.68 Å². The summed E-state index contributed by atoms with van der Waals surface area (Å²) in [6, 6.07) is 17.1. The molecule has 0 bridgehead atoms. The molecule has 7 heteroatoms. The van der Waals surface area contributed by atoms with Gasteiger partial charge in [0.25, 0.3) is 0 Å². The number of benzene rings is 2. The first-order valence-corrected chi connectivity index (χ1v) is 10.5. The fourth-order valence-corrected chi connectivity index (χ4v) is 3.50. The highest BCUT2D eigenvalue weighted by atomic mass is 16.5. The highest BCUT2D eigenvalue weighted by Crippen LogP contribution is 2.27. The second-order valence-corrected chi connectivity index (χ2v) is 7.39. The minimum absolute atomic E-state index is 0.370. The first kappa shape index (κ1) is 21.2. The number of hydrogen-bond acceptors (Lipinski definition) is 6. The molecular formula is C25H25N5O2. The lowest BCUT2D eigenvalue weighted by Crippen LogP contribution is -2.03. The molecule has 2 heterocycles. The third-order valence-electron chi connectivity index (χ3n) is 5.05. The molecule has 7 nitrogen and oxygen atoms in total. The van der Waals surface area contributed by atoms with E-state index in [1.165, 1.54) is 7.11 Å². The van der Waals surface area contributed by atoms with E-state index < -0.39 is 0 Å². The van der Waals surface area contributed by atoms with Gasteiger partial charge in [-0.15, -0.1) is 0 Å². The van der Waals surface area contributed by atoms with Gasteiger partial charge in [-0.25, -0.2) is 14.8 Å². The molecule has 2 aromatic carbocycles. The number of rotatable bonds is 7. The molecule has 0 aliphatic heterocycles. The van der Waals surface area contributed by atoms with Crippen LogP contribution in [0.5, 0.6) is 0 Å². The molecule has 0 radical (unpaired) electrons. The number of esters is 1. The summed E-state index contributed by atoms with van der Waals surface area (Å²) < 4.78 is 6.59. The van der Waals surface area contributed by atoms with E-state index in [4.69, 9.17) is 14.7 Å². The number of aromatic nitrogens is 4. The Kier molecular flexibility index (Phi) is 6.26. The molecule has 4 aromatic rings. The summed E-state index contributed by atoms with van der Waals surface area (Å²) >= 11 is 0. The maximum absolute atomic E-state index is 11.7. The molecule has 0 aliphatic rings. The smallest absolute Gasteiger partial charge is 0.337 e. The quantitative estimate of drug-likeness (QED) is 0.417. The molecule has 0 spiro atoms. The van der Waals surface area contributed by atoms with Gasteiger partial charge in [0.05, 0.1) is 18.4 Å². The van der Waals surface area contributed by atoms with Crippen LogP contribution < -0.4 is 5.32 Å². The van der Waals surface area contributed by atoms with Gasteiger partial charge >= 0.3 is 5.97 Å². The fraction of sp³-hybridized carbons (Fsp3) is 0.200. The Balaban J connectivity index is 1.75. The second-order valence-electron chi connectivity index (χ2n) is 7.39. The standard InChI is InChI=1S/C25H25N5O2/c1-4-8-20-22-23(30(2)29-20)24(26-19-14-12-18(13-15-19)25(31)32-3)28-21(27-22)16-11-17-9-6-5-7-10-17/h5-7,9-16H,4,8H2,1-3H3,(H,26,27,28)/b16-11+. The molecule has 4 rings (SSSR count). The van der Waals surface area contributed by atoms with E-state index >= 15 is 0 Å². The Bertz CT molecular complexity index is 1260. The predicted octanol–water partition coefficient (Wildman–Crippen LogP) is 5.02. The van der Waals surface area contributed by atoms with Crippen molar-refractivity contribution in [2.24, 2.45) is 7.05 Å². The molecule has 2 aromatic heterocycles. The zero-order valence-electron chi connectivity index (χ0n) is 18.4. The highest BCUT2D eigenvalue weighted by molar-refractivity contribution is 5.92. The minimum atomic E-state index is -0.370. The minimum Gasteiger partial charge on any atom is -0.465 e. The van der Waals surface area contributed by atoms with Crippen LogP contribution in [0.1, 0.15) is 40.8 Å². The van der Waals surface area contributed by atoms with Crippen molar-refractivity contribution in [2.75, 3.05) is 12.4 Å². The highest BCUT2D eigenvalue weighted by Gasteiger charge is 2.16. The predicted molar refractivity (Wildman–Crippen MR) is 127 cm³/mol. The van der Waals surface area contributed by atoms with Crippen LogP contribution in [-0.2, 0) is 18.2 Å². The largest absolute Gasteiger partial charge is 0.465 e. The Hall–Kier alpha value is -4.00. The summed E-state index contributed by atoms with van der Waals surface area (Å²) in [6.07, 6.45) is 5.71. The van der Waals surface area contributed by atoms with Gasteiger partial charge in [0.15, 0.2) is 11.6 Å². The Morgan fingerprint density at radius 1 is 1.06 bits per heavy atom. The van der Waals surface area contributed by atoms with E-state index in [-0.39, 0.29) is 5.97 Å². The SMILES string of the molecule is CCCc1nn(C)c2c(Nc3ccc(C(=O)OC)cc3)nc(/C=C/c3ccccc3)nc12. The molecule has 1 N–H and O–H groups in total. The number of anilines is 2. The number of hydrogen-bond donors (Lipinski definition) is 1. The van der Waals surface area contributed by atoms with E-state index in [1.54, 1.807) is 12.1 Å². The summed E-state index contributed by atoms with van der Waals surface area (Å²) in [5, 5.41) is 8.05. The van der Waals surface area contributed by atoms with Gasteiger partial charge in [-0.05, 0) is 42.3 Å². The molecule has 0 aliphatic carbocycles. The lowest BCUT2D eigenvalue weighted by atomic mass is 10.2. The van der Waals surface area contributed by atoms with Crippen molar-refractivity contribution in [3.05, 3.63) is 77.2 Å². The third kappa shape index (κ3) is 4.51. The number of nitrogens with one attached hydrogen (secondary N) is 1. The van der Waals surface area contributed by atoms with Crippen LogP contribution in [0.2, 0.25) is 0 Å². The van der Waals surface area contributed by atoms with E-state index in [0.717, 1.165) is 40.8 Å². The molecule has 0 fully saturated rings. The number of nitrogens with zero attached hydrogens (tertiary/aromatic N) is 4. The molecule has 32 heavy (non-hydrogen) atoms. The lowest BCUT2D eigenvalue weighted by molar-refractivity contribution is 0.0601. The Morgan fingerprint density at radius 2 is 1.81 bits per heavy atom. The van der Waals surface area contributed by atoms with E-state index in [0.29, 0.717) is 17.2 Å². The molecule has 0 unspecified atom stereocenters. The lowest BCUT2D eigenvalue weighted by Gasteiger charge is -2.09. The van der Waals surface area contributed by atoms with Crippen LogP contribution >= 0.6 is 0 Å². The third-order valence-corrected chi connectivity index (χ3v) is 5.05. The second kappa shape index (κ2) is 9.43. The summed E-state index contributed by atoms with van der Waals surface area (Å²) in [7, 11) is 3.27. The van der Waals surface area contributed by atoms with Crippen LogP contribution in [0.15, 0.2) is 54.6 Å². The van der Waals surface area contributed by atoms with Gasteiger partial charge < -0.3 is 10.1 Å². The van der Waals surface area contributed by atoms with E-state index in [1.807, 2.05) is 66.3 Å². The summed E-state index contributed by atoms with van der Waals surface area (Å²) in [4.78, 5) is 21.3. The number of ether oxygens (including phenoxy) is 1. The van der Waals surface area contributed by atoms with Crippen LogP contribution in [-0.4, -0.2) is 32.8 Å². The van der Waals surface area contributed by atoms with Gasteiger partial charge in [-0.1, -0.05) is 49.8 Å². The summed E-state index contributed by atoms with van der Waals surface area (Å²) in [5.41, 5.74) is 4.99. The van der Waals surface area contributed by atoms with Gasteiger partial charge in [0.1, 0.15) is 11.0 Å². The van der Waals surface area contributed by atoms with Crippen LogP contribution in [0.3, 0.4) is 0 Å². The maximum atomic E-state index is 11.7. The van der Waals surface area contributed by atoms with Crippen LogP contribution in [0.4, 0.5) is 11.5 Å². The number of carbonyl (C=O) groups is 1. The zero-order chi connectivity index (χ0) is 22.5. The molecule has 0 amide bonds. The Morgan fingerprint density at radius 3 is 2.50 bits per heavy atom. The number of fused-ring (bicyclic) bond motifs is 1. The van der Waals surface area contributed by atoms with Crippen molar-refractivity contribution in [3.63, 3.8) is 0 Å². The van der Waals surface area contributed by atoms with Gasteiger partial charge in [-0.2, -0.15) is 5.10 Å². The normalized spacial score (nSPS) is 11.2. The van der Waals surface area contributed by atoms with Crippen molar-refractivity contribution in [1.82, 2.24) is 19.7 Å². The number of methoxy groups -OCH3 is 1. The zero-order valence-corrected chi connectivity index (χ0v) is 18.4. The first-order valence-electron chi connectivity index (χ1n) is 10.5. The van der Waals surface area contributed by atoms with Crippen molar-refractivity contribution in [3.8, 4) is 0 Å². The molecular weight excluding hydrogens is 402 g/mol. The fourth-order valence-electron chi connectivity index (χ4n) is 3.50. The molecule has 0 atom stereocenters. The van der Waals surface area contributed by atoms with Crippen LogP contribution in [0.25, 0.3) is 23.2 Å².